The fourth-order valence-electron chi connectivity index (χ4n) is 2.07. The number of carbonyl (C=O) groups is 3. The topological polar surface area (TPSA) is 84.9 Å². The Morgan fingerprint density at radius 3 is 2.40 bits per heavy atom. The van der Waals surface area contributed by atoms with Gasteiger partial charge < -0.3 is 14.4 Å². The van der Waals surface area contributed by atoms with Crippen LogP contribution in [-0.2, 0) is 14.3 Å². The van der Waals surface area contributed by atoms with E-state index in [0.717, 1.165) is 0 Å². The molecule has 7 nitrogen and oxygen atoms in total. The van der Waals surface area contributed by atoms with Gasteiger partial charge in [0.05, 0.1) is 0 Å². The molecule has 0 unspecified atom stereocenters. The Bertz CT molecular complexity index is 443. The van der Waals surface area contributed by atoms with Gasteiger partial charge in [0.15, 0.2) is 5.60 Å². The SMILES string of the molecule is O=C1NC(=O)C2(CCN(C(=O)OCC(Cl)(Cl)Cl)CC2)O1. The minimum Gasteiger partial charge on any atom is -0.445 e. The van der Waals surface area contributed by atoms with Gasteiger partial charge in [0.1, 0.15) is 6.61 Å². The van der Waals surface area contributed by atoms with Crippen molar-refractivity contribution in [3.8, 4) is 0 Å². The fourth-order valence-corrected chi connectivity index (χ4v) is 2.23. The molecule has 2 aliphatic heterocycles. The van der Waals surface area contributed by atoms with E-state index in [2.05, 4.69) is 5.32 Å². The number of nitrogens with one attached hydrogen (secondary N) is 1. The van der Waals surface area contributed by atoms with Crippen LogP contribution in [0.2, 0.25) is 0 Å². The quantitative estimate of drug-likeness (QED) is 0.730. The van der Waals surface area contributed by atoms with Gasteiger partial charge in [-0.3, -0.25) is 10.1 Å². The summed E-state index contributed by atoms with van der Waals surface area (Å²) in [5, 5.41) is 2.08. The van der Waals surface area contributed by atoms with E-state index in [4.69, 9.17) is 44.3 Å². The number of nitrogens with zero attached hydrogens (tertiary/aromatic N) is 1. The van der Waals surface area contributed by atoms with Crippen LogP contribution in [-0.4, -0.2) is 52.1 Å². The molecular weight excluding hydrogens is 334 g/mol. The fraction of sp³-hybridized carbons (Fsp3) is 0.700. The summed E-state index contributed by atoms with van der Waals surface area (Å²) in [6, 6.07) is 0. The summed E-state index contributed by atoms with van der Waals surface area (Å²) >= 11 is 16.4. The van der Waals surface area contributed by atoms with Crippen LogP contribution in [0.5, 0.6) is 0 Å². The lowest BCUT2D eigenvalue weighted by Gasteiger charge is -2.35. The lowest BCUT2D eigenvalue weighted by molar-refractivity contribution is -0.134. The van der Waals surface area contributed by atoms with Crippen LogP contribution in [0.15, 0.2) is 0 Å². The minimum atomic E-state index is -1.67. The van der Waals surface area contributed by atoms with Gasteiger partial charge in [-0.15, -0.1) is 0 Å². The van der Waals surface area contributed by atoms with E-state index in [-0.39, 0.29) is 32.5 Å². The van der Waals surface area contributed by atoms with Gasteiger partial charge in [0, 0.05) is 25.9 Å². The smallest absolute Gasteiger partial charge is 0.415 e. The summed E-state index contributed by atoms with van der Waals surface area (Å²) in [7, 11) is 0. The van der Waals surface area contributed by atoms with E-state index >= 15 is 0 Å². The number of imide groups is 1. The van der Waals surface area contributed by atoms with Crippen molar-refractivity contribution in [3.63, 3.8) is 0 Å². The van der Waals surface area contributed by atoms with Crippen LogP contribution in [0.1, 0.15) is 12.8 Å². The first-order valence-corrected chi connectivity index (χ1v) is 6.88. The molecule has 112 valence electrons. The van der Waals surface area contributed by atoms with E-state index in [1.54, 1.807) is 0 Å². The molecule has 1 N–H and O–H groups in total. The molecule has 1 spiro atoms. The molecule has 0 radical (unpaired) electrons. The third-order valence-corrected chi connectivity index (χ3v) is 3.43. The molecule has 0 aromatic carbocycles. The number of piperidine rings is 1. The zero-order chi connectivity index (χ0) is 15.0. The Kier molecular flexibility index (Phi) is 4.22. The molecule has 0 saturated carbocycles. The number of hydrogen-bond donors (Lipinski definition) is 1. The second-order valence-electron chi connectivity index (χ2n) is 4.49. The number of carbonyl (C=O) groups excluding carboxylic acids is 3. The monoisotopic (exact) mass is 344 g/mol. The van der Waals surface area contributed by atoms with Gasteiger partial charge in [-0.2, -0.15) is 0 Å². The summed E-state index contributed by atoms with van der Waals surface area (Å²) in [6.45, 7) is 0.0480. The van der Waals surface area contributed by atoms with Crippen molar-refractivity contribution in [1.82, 2.24) is 10.2 Å². The average Bonchev–Trinajstić information content (AvgIpc) is 2.61. The van der Waals surface area contributed by atoms with Crippen LogP contribution in [0.4, 0.5) is 9.59 Å². The third-order valence-electron chi connectivity index (χ3n) is 3.11. The van der Waals surface area contributed by atoms with Crippen molar-refractivity contribution in [2.75, 3.05) is 19.7 Å². The first kappa shape index (κ1) is 15.5. The van der Waals surface area contributed by atoms with Crippen LogP contribution in [0.3, 0.4) is 0 Å². The molecule has 10 heteroatoms. The predicted molar refractivity (Wildman–Crippen MR) is 69.8 cm³/mol. The number of ether oxygens (including phenoxy) is 2. The Balaban J connectivity index is 1.87. The number of alkyl halides is 3. The number of hydrogen-bond acceptors (Lipinski definition) is 5. The summed E-state index contributed by atoms with van der Waals surface area (Å²) < 4.78 is 8.16. The number of amides is 3. The van der Waals surface area contributed by atoms with E-state index < -0.39 is 27.5 Å². The highest BCUT2D eigenvalue weighted by Crippen LogP contribution is 2.31. The number of likely N-dealkylation sites (tertiary alicyclic amines) is 1. The molecular formula is C10H11Cl3N2O5. The molecule has 2 rings (SSSR count). The normalized spacial score (nSPS) is 21.6. The zero-order valence-corrected chi connectivity index (χ0v) is 12.4. The van der Waals surface area contributed by atoms with Crippen molar-refractivity contribution in [2.24, 2.45) is 0 Å². The van der Waals surface area contributed by atoms with Crippen LogP contribution < -0.4 is 5.32 Å². The molecule has 2 saturated heterocycles. The number of halogens is 3. The average molecular weight is 346 g/mol. The van der Waals surface area contributed by atoms with E-state index in [1.165, 1.54) is 4.90 Å². The molecule has 3 amide bonds. The molecule has 0 aromatic rings. The predicted octanol–water partition coefficient (Wildman–Crippen LogP) is 1.59. The lowest BCUT2D eigenvalue weighted by atomic mass is 9.91. The van der Waals surface area contributed by atoms with E-state index in [9.17, 15) is 14.4 Å². The van der Waals surface area contributed by atoms with Crippen molar-refractivity contribution in [1.29, 1.82) is 0 Å². The first-order valence-electron chi connectivity index (χ1n) is 5.75. The van der Waals surface area contributed by atoms with Gasteiger partial charge in [0.2, 0.25) is 3.79 Å². The van der Waals surface area contributed by atoms with Gasteiger partial charge in [0.25, 0.3) is 5.91 Å². The maximum absolute atomic E-state index is 11.7. The maximum atomic E-state index is 11.7. The van der Waals surface area contributed by atoms with Crippen molar-refractivity contribution in [3.05, 3.63) is 0 Å². The maximum Gasteiger partial charge on any atom is 0.415 e. The Morgan fingerprint density at radius 1 is 1.35 bits per heavy atom. The molecule has 2 heterocycles. The summed E-state index contributed by atoms with van der Waals surface area (Å²) in [5.74, 6) is -0.475. The Morgan fingerprint density at radius 2 is 1.95 bits per heavy atom. The van der Waals surface area contributed by atoms with Gasteiger partial charge in [-0.05, 0) is 0 Å². The van der Waals surface area contributed by atoms with Gasteiger partial charge in [-0.25, -0.2) is 9.59 Å². The Hall–Kier alpha value is -0.920. The highest BCUT2D eigenvalue weighted by molar-refractivity contribution is 6.67. The number of alkyl carbamates (subject to hydrolysis) is 1. The molecule has 2 aliphatic rings. The van der Waals surface area contributed by atoms with Crippen molar-refractivity contribution in [2.45, 2.75) is 22.2 Å². The molecule has 0 atom stereocenters. The minimum absolute atomic E-state index is 0.202. The lowest BCUT2D eigenvalue weighted by Crippen LogP contribution is -2.51. The van der Waals surface area contributed by atoms with Crippen molar-refractivity contribution < 1.29 is 23.9 Å². The van der Waals surface area contributed by atoms with Gasteiger partial charge in [-0.1, -0.05) is 34.8 Å². The molecule has 2 fully saturated rings. The molecule has 20 heavy (non-hydrogen) atoms. The van der Waals surface area contributed by atoms with Crippen LogP contribution >= 0.6 is 34.8 Å². The standard InChI is InChI=1S/C10H11Cl3N2O5/c11-10(12,13)5-19-8(18)15-3-1-9(2-4-15)6(16)14-7(17)20-9/h1-5H2,(H,14,16,17). The third kappa shape index (κ3) is 3.39. The molecule has 0 bridgehead atoms. The molecule has 0 aliphatic carbocycles. The summed E-state index contributed by atoms with van der Waals surface area (Å²) in [5.41, 5.74) is -1.18. The van der Waals surface area contributed by atoms with Crippen LogP contribution in [0.25, 0.3) is 0 Å². The molecule has 0 aromatic heterocycles. The Labute approximate surface area is 129 Å². The number of rotatable bonds is 1. The largest absolute Gasteiger partial charge is 0.445 e. The highest BCUT2D eigenvalue weighted by atomic mass is 35.6. The van der Waals surface area contributed by atoms with Gasteiger partial charge >= 0.3 is 12.2 Å². The first-order chi connectivity index (χ1) is 9.22. The van der Waals surface area contributed by atoms with E-state index in [0.29, 0.717) is 0 Å². The second kappa shape index (κ2) is 5.46. The van der Waals surface area contributed by atoms with Crippen LogP contribution in [0, 0.1) is 0 Å². The second-order valence-corrected chi connectivity index (χ2v) is 7.01. The summed E-state index contributed by atoms with van der Waals surface area (Å²) in [4.78, 5) is 35.8. The van der Waals surface area contributed by atoms with E-state index in [1.807, 2.05) is 0 Å². The highest BCUT2D eigenvalue weighted by Gasteiger charge is 2.51. The summed E-state index contributed by atoms with van der Waals surface area (Å²) in [6.07, 6.45) is -1.00. The zero-order valence-electron chi connectivity index (χ0n) is 10.2. The van der Waals surface area contributed by atoms with Crippen molar-refractivity contribution >= 4 is 52.9 Å².